The standard InChI is InChI=1S/C23H23Cl2NO5/c1-13(2)31-16-7-4-14(5-8-16)21(27)19-20(17-9-6-15(24)12-18(17)25)26(10-11-30-3)23(29)22(19)28/h4-9,12-13,20,27H,10-11H2,1-3H3/b21-19+/t20-/m1/s1. The minimum Gasteiger partial charge on any atom is -0.507 e. The number of carbonyl (C=O) groups is 2. The number of benzene rings is 2. The average Bonchev–Trinajstić information content (AvgIpc) is 2.96. The van der Waals surface area contributed by atoms with E-state index in [0.29, 0.717) is 21.9 Å². The van der Waals surface area contributed by atoms with Gasteiger partial charge >= 0.3 is 0 Å². The van der Waals surface area contributed by atoms with E-state index in [9.17, 15) is 14.7 Å². The van der Waals surface area contributed by atoms with E-state index in [4.69, 9.17) is 32.7 Å². The Labute approximate surface area is 191 Å². The molecule has 1 aliphatic rings. The molecule has 0 aromatic heterocycles. The molecule has 1 saturated heterocycles. The summed E-state index contributed by atoms with van der Waals surface area (Å²) in [7, 11) is 1.50. The molecule has 1 atom stereocenters. The quantitative estimate of drug-likeness (QED) is 0.360. The number of rotatable bonds is 7. The van der Waals surface area contributed by atoms with E-state index in [2.05, 4.69) is 0 Å². The third-order valence-electron chi connectivity index (χ3n) is 4.83. The van der Waals surface area contributed by atoms with Gasteiger partial charge in [0.2, 0.25) is 0 Å². The Morgan fingerprint density at radius 1 is 1.13 bits per heavy atom. The highest BCUT2D eigenvalue weighted by Gasteiger charge is 2.46. The molecular formula is C23H23Cl2NO5. The van der Waals surface area contributed by atoms with Gasteiger partial charge in [0.25, 0.3) is 11.7 Å². The van der Waals surface area contributed by atoms with E-state index < -0.39 is 17.7 Å². The number of hydrogen-bond acceptors (Lipinski definition) is 5. The molecule has 164 valence electrons. The maximum absolute atomic E-state index is 12.9. The lowest BCUT2D eigenvalue weighted by Gasteiger charge is -2.25. The topological polar surface area (TPSA) is 76.1 Å². The number of carbonyl (C=O) groups excluding carboxylic acids is 2. The molecular weight excluding hydrogens is 441 g/mol. The second kappa shape index (κ2) is 9.73. The molecule has 2 aromatic carbocycles. The van der Waals surface area contributed by atoms with Crippen molar-refractivity contribution in [3.8, 4) is 5.75 Å². The van der Waals surface area contributed by atoms with Crippen LogP contribution in [0.1, 0.15) is 31.0 Å². The van der Waals surface area contributed by atoms with Crippen LogP contribution in [-0.4, -0.2) is 48.1 Å². The highest BCUT2D eigenvalue weighted by molar-refractivity contribution is 6.47. The van der Waals surface area contributed by atoms with Crippen LogP contribution >= 0.6 is 23.2 Å². The molecule has 1 N–H and O–H groups in total. The number of halogens is 2. The van der Waals surface area contributed by atoms with Crippen molar-refractivity contribution >= 4 is 40.7 Å². The smallest absolute Gasteiger partial charge is 0.295 e. The number of hydrogen-bond donors (Lipinski definition) is 1. The number of ether oxygens (including phenoxy) is 2. The Morgan fingerprint density at radius 2 is 1.81 bits per heavy atom. The molecule has 1 heterocycles. The Balaban J connectivity index is 2.12. The molecule has 0 bridgehead atoms. The van der Waals surface area contributed by atoms with Gasteiger partial charge < -0.3 is 19.5 Å². The van der Waals surface area contributed by atoms with Gasteiger partial charge in [-0.25, -0.2) is 0 Å². The van der Waals surface area contributed by atoms with Crippen LogP contribution < -0.4 is 4.74 Å². The molecule has 1 amide bonds. The first kappa shape index (κ1) is 23.1. The van der Waals surface area contributed by atoms with Gasteiger partial charge in [-0.1, -0.05) is 29.3 Å². The number of methoxy groups -OCH3 is 1. The molecule has 0 saturated carbocycles. The highest BCUT2D eigenvalue weighted by atomic mass is 35.5. The predicted molar refractivity (Wildman–Crippen MR) is 120 cm³/mol. The molecule has 1 fully saturated rings. The van der Waals surface area contributed by atoms with Crippen molar-refractivity contribution in [3.05, 3.63) is 69.2 Å². The molecule has 8 heteroatoms. The van der Waals surface area contributed by atoms with Crippen LogP contribution in [0.15, 0.2) is 48.0 Å². The van der Waals surface area contributed by atoms with Crippen molar-refractivity contribution in [1.29, 1.82) is 0 Å². The SMILES string of the molecule is COCCN1C(=O)C(=O)/C(=C(/O)c2ccc(OC(C)C)cc2)[C@H]1c1ccc(Cl)cc1Cl. The maximum atomic E-state index is 12.9. The summed E-state index contributed by atoms with van der Waals surface area (Å²) in [4.78, 5) is 27.1. The Bertz CT molecular complexity index is 1020. The summed E-state index contributed by atoms with van der Waals surface area (Å²) >= 11 is 12.4. The zero-order valence-corrected chi connectivity index (χ0v) is 18.9. The summed E-state index contributed by atoms with van der Waals surface area (Å²) in [5, 5.41) is 11.7. The molecule has 2 aromatic rings. The summed E-state index contributed by atoms with van der Waals surface area (Å²) in [5.41, 5.74) is 0.835. The van der Waals surface area contributed by atoms with Gasteiger partial charge in [0.15, 0.2) is 0 Å². The zero-order chi connectivity index (χ0) is 22.7. The van der Waals surface area contributed by atoms with E-state index in [1.807, 2.05) is 13.8 Å². The van der Waals surface area contributed by atoms with Gasteiger partial charge in [-0.2, -0.15) is 0 Å². The van der Waals surface area contributed by atoms with Crippen molar-refractivity contribution < 1.29 is 24.2 Å². The van der Waals surface area contributed by atoms with Gasteiger partial charge in [0.1, 0.15) is 11.5 Å². The number of aliphatic hydroxyl groups is 1. The minimum atomic E-state index is -0.869. The molecule has 1 aliphatic heterocycles. The third-order valence-corrected chi connectivity index (χ3v) is 5.40. The van der Waals surface area contributed by atoms with Gasteiger partial charge in [0, 0.05) is 29.3 Å². The minimum absolute atomic E-state index is 0.00222. The van der Waals surface area contributed by atoms with E-state index in [1.165, 1.54) is 18.1 Å². The van der Waals surface area contributed by atoms with Crippen LogP contribution in [0.4, 0.5) is 0 Å². The number of nitrogens with zero attached hydrogens (tertiary/aromatic N) is 1. The molecule has 0 unspecified atom stereocenters. The first-order valence-corrected chi connectivity index (χ1v) is 10.5. The summed E-state index contributed by atoms with van der Waals surface area (Å²) < 4.78 is 10.7. The fourth-order valence-electron chi connectivity index (χ4n) is 3.47. The fourth-order valence-corrected chi connectivity index (χ4v) is 3.98. The van der Waals surface area contributed by atoms with Crippen LogP contribution in [0, 0.1) is 0 Å². The maximum Gasteiger partial charge on any atom is 0.295 e. The van der Waals surface area contributed by atoms with Gasteiger partial charge in [-0.3, -0.25) is 9.59 Å². The van der Waals surface area contributed by atoms with Crippen molar-refractivity contribution in [3.63, 3.8) is 0 Å². The number of amides is 1. The second-order valence-electron chi connectivity index (χ2n) is 7.34. The molecule has 0 spiro atoms. The second-order valence-corrected chi connectivity index (χ2v) is 8.19. The van der Waals surface area contributed by atoms with Crippen LogP contribution in [0.3, 0.4) is 0 Å². The van der Waals surface area contributed by atoms with Crippen LogP contribution in [-0.2, 0) is 14.3 Å². The van der Waals surface area contributed by atoms with E-state index >= 15 is 0 Å². The molecule has 6 nitrogen and oxygen atoms in total. The number of ketones is 1. The van der Waals surface area contributed by atoms with Crippen molar-refractivity contribution in [2.24, 2.45) is 0 Å². The van der Waals surface area contributed by atoms with Crippen LogP contribution in [0.2, 0.25) is 10.0 Å². The lowest BCUT2D eigenvalue weighted by Crippen LogP contribution is -2.32. The van der Waals surface area contributed by atoms with Crippen LogP contribution in [0.5, 0.6) is 5.75 Å². The summed E-state index contributed by atoms with van der Waals surface area (Å²) in [5.74, 6) is -1.17. The average molecular weight is 464 g/mol. The van der Waals surface area contributed by atoms with Crippen molar-refractivity contribution in [2.45, 2.75) is 26.0 Å². The Kier molecular flexibility index (Phi) is 7.26. The molecule has 31 heavy (non-hydrogen) atoms. The molecule has 3 rings (SSSR count). The van der Waals surface area contributed by atoms with Gasteiger partial charge in [0.05, 0.1) is 24.3 Å². The van der Waals surface area contributed by atoms with Gasteiger partial charge in [-0.05, 0) is 55.8 Å². The van der Waals surface area contributed by atoms with E-state index in [0.717, 1.165) is 0 Å². The normalized spacial score (nSPS) is 18.1. The third kappa shape index (κ3) is 4.87. The van der Waals surface area contributed by atoms with Crippen LogP contribution in [0.25, 0.3) is 5.76 Å². The highest BCUT2D eigenvalue weighted by Crippen LogP contribution is 2.42. The van der Waals surface area contributed by atoms with E-state index in [1.54, 1.807) is 36.4 Å². The fraction of sp³-hybridized carbons (Fsp3) is 0.304. The number of Topliss-reactive ketones (excluding diaryl/α,β-unsaturated/α-hetero) is 1. The monoisotopic (exact) mass is 463 g/mol. The zero-order valence-electron chi connectivity index (χ0n) is 17.4. The predicted octanol–water partition coefficient (Wildman–Crippen LogP) is 4.85. The molecule has 0 radical (unpaired) electrons. The van der Waals surface area contributed by atoms with E-state index in [-0.39, 0.29) is 35.6 Å². The molecule has 0 aliphatic carbocycles. The lowest BCUT2D eigenvalue weighted by molar-refractivity contribution is -0.140. The lowest BCUT2D eigenvalue weighted by atomic mass is 9.95. The number of aliphatic hydroxyl groups excluding tert-OH is 1. The largest absolute Gasteiger partial charge is 0.507 e. The van der Waals surface area contributed by atoms with Gasteiger partial charge in [-0.15, -0.1) is 0 Å². The van der Waals surface area contributed by atoms with Crippen molar-refractivity contribution in [1.82, 2.24) is 4.90 Å². The first-order chi connectivity index (χ1) is 14.7. The Hall–Kier alpha value is -2.54. The van der Waals surface area contributed by atoms with Crippen molar-refractivity contribution in [2.75, 3.05) is 20.3 Å². The summed E-state index contributed by atoms with van der Waals surface area (Å²) in [6, 6.07) is 10.6. The Morgan fingerprint density at radius 3 is 2.39 bits per heavy atom. The number of likely N-dealkylation sites (tertiary alicyclic amines) is 1. The summed E-state index contributed by atoms with van der Waals surface area (Å²) in [6.07, 6.45) is -0.00222. The summed E-state index contributed by atoms with van der Waals surface area (Å²) in [6.45, 7) is 4.19. The first-order valence-electron chi connectivity index (χ1n) is 9.74.